The topological polar surface area (TPSA) is 226 Å². The molecular formula is C48H90NO12P. The van der Waals surface area contributed by atoms with Crippen LogP contribution in [0.5, 0.6) is 0 Å². The van der Waals surface area contributed by atoms with Crippen molar-refractivity contribution in [3.05, 3.63) is 36.5 Å². The summed E-state index contributed by atoms with van der Waals surface area (Å²) in [5.41, 5.74) is 0. The third-order valence-electron chi connectivity index (χ3n) is 11.7. The molecule has 1 amide bonds. The zero-order valence-corrected chi connectivity index (χ0v) is 39.4. The second-order valence-electron chi connectivity index (χ2n) is 17.5. The number of phosphoric acid groups is 1. The molecule has 14 heteroatoms. The fraction of sp³-hybridized carbons (Fsp3) is 0.854. The minimum absolute atomic E-state index is 0.259. The molecule has 0 radical (unpaired) electrons. The summed E-state index contributed by atoms with van der Waals surface area (Å²) in [7, 11) is -5.15. The van der Waals surface area contributed by atoms with Gasteiger partial charge in [-0.05, 0) is 44.9 Å². The maximum atomic E-state index is 13.0. The monoisotopic (exact) mass is 904 g/mol. The molecule has 9 N–H and O–H groups in total. The van der Waals surface area contributed by atoms with Crippen LogP contribution in [-0.2, 0) is 18.4 Å². The van der Waals surface area contributed by atoms with Gasteiger partial charge in [0.15, 0.2) is 0 Å². The second kappa shape index (κ2) is 37.7. The summed E-state index contributed by atoms with van der Waals surface area (Å²) in [6.45, 7) is 3.71. The van der Waals surface area contributed by atoms with Crippen molar-refractivity contribution in [1.82, 2.24) is 5.32 Å². The van der Waals surface area contributed by atoms with E-state index in [2.05, 4.69) is 43.5 Å². The number of carbonyl (C=O) groups excluding carboxylic acids is 1. The summed E-state index contributed by atoms with van der Waals surface area (Å²) < 4.78 is 22.9. The van der Waals surface area contributed by atoms with Crippen LogP contribution in [-0.4, -0.2) is 108 Å². The van der Waals surface area contributed by atoms with Crippen LogP contribution >= 0.6 is 7.82 Å². The molecule has 1 rings (SSSR count). The maximum Gasteiger partial charge on any atom is 0.472 e. The summed E-state index contributed by atoms with van der Waals surface area (Å²) in [6, 6.07) is -1.25. The predicted octanol–water partition coefficient (Wildman–Crippen LogP) is 8.53. The number of nitrogens with one attached hydrogen (secondary N) is 1. The lowest BCUT2D eigenvalue weighted by Crippen LogP contribution is -2.64. The highest BCUT2D eigenvalue weighted by molar-refractivity contribution is 7.47. The number of aliphatic hydroxyl groups excluding tert-OH is 7. The van der Waals surface area contributed by atoms with Crippen molar-refractivity contribution in [1.29, 1.82) is 0 Å². The maximum absolute atomic E-state index is 13.0. The molecule has 0 heterocycles. The quantitative estimate of drug-likeness (QED) is 0.0122. The van der Waals surface area contributed by atoms with Crippen molar-refractivity contribution in [2.75, 3.05) is 6.61 Å². The van der Waals surface area contributed by atoms with Crippen LogP contribution in [0.25, 0.3) is 0 Å². The summed E-state index contributed by atoms with van der Waals surface area (Å²) in [5, 5.41) is 74.5. The van der Waals surface area contributed by atoms with E-state index in [9.17, 15) is 50.0 Å². The van der Waals surface area contributed by atoms with Crippen LogP contribution in [0.1, 0.15) is 200 Å². The van der Waals surface area contributed by atoms with E-state index in [4.69, 9.17) is 9.05 Å². The van der Waals surface area contributed by atoms with E-state index in [1.54, 1.807) is 6.08 Å². The van der Waals surface area contributed by atoms with Crippen molar-refractivity contribution in [3.8, 4) is 0 Å². The number of amides is 1. The Morgan fingerprint density at radius 1 is 0.581 bits per heavy atom. The first-order chi connectivity index (χ1) is 29.8. The zero-order chi connectivity index (χ0) is 45.9. The number of rotatable bonds is 40. The first kappa shape index (κ1) is 58.5. The highest BCUT2D eigenvalue weighted by atomic mass is 31.2. The van der Waals surface area contributed by atoms with E-state index in [1.807, 2.05) is 0 Å². The SMILES string of the molecule is CCCCC/C=C\C=C/CCCCCCC(O)CC(=O)NC(COP(=O)(O)OC1C(O)C(O)C(O)C(O)C1O)C(O)/C=C/CCCCCCCCCCCCCCCCCCC. The summed E-state index contributed by atoms with van der Waals surface area (Å²) in [6.07, 6.45) is 29.4. The van der Waals surface area contributed by atoms with Crippen molar-refractivity contribution in [2.24, 2.45) is 0 Å². The van der Waals surface area contributed by atoms with Crippen LogP contribution < -0.4 is 5.32 Å². The van der Waals surface area contributed by atoms with Crippen LogP contribution in [0.2, 0.25) is 0 Å². The fourth-order valence-corrected chi connectivity index (χ4v) is 8.67. The van der Waals surface area contributed by atoms with Gasteiger partial charge in [-0.25, -0.2) is 4.57 Å². The molecule has 0 aromatic heterocycles. The Morgan fingerprint density at radius 3 is 1.45 bits per heavy atom. The summed E-state index contributed by atoms with van der Waals surface area (Å²) >= 11 is 0. The Balaban J connectivity index is 2.53. The molecule has 0 aromatic rings. The average molecular weight is 904 g/mol. The van der Waals surface area contributed by atoms with Crippen molar-refractivity contribution in [2.45, 2.75) is 255 Å². The lowest BCUT2D eigenvalue weighted by atomic mass is 9.85. The molecule has 0 aliphatic heterocycles. The molecule has 1 aliphatic rings. The first-order valence-electron chi connectivity index (χ1n) is 24.5. The van der Waals surface area contributed by atoms with Gasteiger partial charge in [0.2, 0.25) is 5.91 Å². The van der Waals surface area contributed by atoms with Crippen molar-refractivity contribution < 1.29 is 59.0 Å². The Kier molecular flexibility index (Phi) is 35.6. The van der Waals surface area contributed by atoms with Gasteiger partial charge in [-0.3, -0.25) is 13.8 Å². The third-order valence-corrected chi connectivity index (χ3v) is 12.7. The predicted molar refractivity (Wildman–Crippen MR) is 247 cm³/mol. The van der Waals surface area contributed by atoms with E-state index >= 15 is 0 Å². The standard InChI is InChI=1S/C48H90NO12P/c1-3-5-7-9-11-13-15-17-18-19-20-21-22-24-26-28-30-32-34-36-41(51)40(38-60-62(58,59)61-48-46(56)44(54)43(53)45(55)47(48)57)49-42(52)37-39(50)35-33-31-29-27-25-23-16-14-12-10-8-6-4-2/h12,14,16,23,34,36,39-41,43-48,50-51,53-57H,3-11,13,15,17-22,24-33,35,37-38H2,1-2H3,(H,49,52)(H,58,59)/b14-12-,23-16-,36-34+. The first-order valence-corrected chi connectivity index (χ1v) is 26.0. The van der Waals surface area contributed by atoms with Gasteiger partial charge in [0.1, 0.15) is 36.6 Å². The van der Waals surface area contributed by atoms with Gasteiger partial charge in [0, 0.05) is 0 Å². The Labute approximate surface area is 375 Å². The Hall–Kier alpha value is -1.48. The van der Waals surface area contributed by atoms with Gasteiger partial charge < -0.3 is 46.0 Å². The van der Waals surface area contributed by atoms with Gasteiger partial charge in [0.05, 0.1) is 31.3 Å². The van der Waals surface area contributed by atoms with E-state index in [0.29, 0.717) is 12.8 Å². The lowest BCUT2D eigenvalue weighted by molar-refractivity contribution is -0.220. The van der Waals surface area contributed by atoms with Gasteiger partial charge >= 0.3 is 7.82 Å². The molecule has 0 bridgehead atoms. The number of hydrogen-bond donors (Lipinski definition) is 9. The molecule has 0 saturated heterocycles. The molecule has 62 heavy (non-hydrogen) atoms. The Bertz CT molecular complexity index is 1200. The van der Waals surface area contributed by atoms with E-state index in [1.165, 1.54) is 115 Å². The minimum atomic E-state index is -5.15. The summed E-state index contributed by atoms with van der Waals surface area (Å²) in [5.74, 6) is -0.605. The van der Waals surface area contributed by atoms with Crippen LogP contribution in [0.3, 0.4) is 0 Å². The van der Waals surface area contributed by atoms with Gasteiger partial charge in [-0.1, -0.05) is 185 Å². The molecular weight excluding hydrogens is 813 g/mol. The average Bonchev–Trinajstić information content (AvgIpc) is 3.24. The molecule has 1 aliphatic carbocycles. The third kappa shape index (κ3) is 29.1. The summed E-state index contributed by atoms with van der Waals surface area (Å²) in [4.78, 5) is 23.4. The molecule has 1 saturated carbocycles. The fourth-order valence-electron chi connectivity index (χ4n) is 7.70. The van der Waals surface area contributed by atoms with E-state index in [0.717, 1.165) is 57.8 Å². The largest absolute Gasteiger partial charge is 0.472 e. The van der Waals surface area contributed by atoms with Crippen LogP contribution in [0, 0.1) is 0 Å². The molecule has 0 aromatic carbocycles. The zero-order valence-electron chi connectivity index (χ0n) is 38.5. The lowest BCUT2D eigenvalue weighted by Gasteiger charge is -2.41. The van der Waals surface area contributed by atoms with Crippen molar-refractivity contribution >= 4 is 13.7 Å². The highest BCUT2D eigenvalue weighted by Crippen LogP contribution is 2.47. The van der Waals surface area contributed by atoms with Crippen molar-refractivity contribution in [3.63, 3.8) is 0 Å². The highest BCUT2D eigenvalue weighted by Gasteiger charge is 2.51. The molecule has 1 fully saturated rings. The molecule has 364 valence electrons. The number of unbranched alkanes of at least 4 members (excludes halogenated alkanes) is 24. The number of allylic oxidation sites excluding steroid dienone is 5. The molecule has 13 nitrogen and oxygen atoms in total. The number of aliphatic hydroxyl groups is 7. The number of hydrogen-bond acceptors (Lipinski definition) is 11. The normalized spacial score (nSPS) is 23.3. The Morgan fingerprint density at radius 2 is 0.968 bits per heavy atom. The van der Waals surface area contributed by atoms with Gasteiger partial charge in [-0.2, -0.15) is 0 Å². The number of carbonyl (C=O) groups is 1. The van der Waals surface area contributed by atoms with E-state index < -0.39 is 75.2 Å². The number of phosphoric ester groups is 1. The minimum Gasteiger partial charge on any atom is -0.393 e. The van der Waals surface area contributed by atoms with Crippen LogP contribution in [0.4, 0.5) is 0 Å². The molecule has 8 unspecified atom stereocenters. The molecule has 8 atom stereocenters. The smallest absolute Gasteiger partial charge is 0.393 e. The van der Waals surface area contributed by atoms with Gasteiger partial charge in [-0.15, -0.1) is 0 Å². The van der Waals surface area contributed by atoms with E-state index in [-0.39, 0.29) is 6.42 Å². The van der Waals surface area contributed by atoms with Crippen LogP contribution in [0.15, 0.2) is 36.5 Å². The van der Waals surface area contributed by atoms with Gasteiger partial charge in [0.25, 0.3) is 0 Å². The second-order valence-corrected chi connectivity index (χ2v) is 18.9. The molecule has 0 spiro atoms.